The van der Waals surface area contributed by atoms with E-state index in [1.807, 2.05) is 13.1 Å². The van der Waals surface area contributed by atoms with Crippen molar-refractivity contribution in [1.29, 1.82) is 0 Å². The summed E-state index contributed by atoms with van der Waals surface area (Å²) in [5.41, 5.74) is 1.99. The Morgan fingerprint density at radius 3 is 2.80 bits per heavy atom. The van der Waals surface area contributed by atoms with Gasteiger partial charge in [-0.05, 0) is 42.5 Å². The SMILES string of the molecule is CCCCCN(C)c1ccc(F)cc1CN1CC(C)CC(C(=O)O)C1. The molecule has 4 nitrogen and oxygen atoms in total. The van der Waals surface area contributed by atoms with Crippen LogP contribution in [-0.2, 0) is 11.3 Å². The van der Waals surface area contributed by atoms with Gasteiger partial charge >= 0.3 is 5.97 Å². The maximum absolute atomic E-state index is 13.8. The van der Waals surface area contributed by atoms with E-state index < -0.39 is 5.97 Å². The fourth-order valence-corrected chi connectivity index (χ4v) is 3.78. The smallest absolute Gasteiger partial charge is 0.307 e. The Labute approximate surface area is 150 Å². The lowest BCUT2D eigenvalue weighted by molar-refractivity contribution is -0.144. The zero-order valence-corrected chi connectivity index (χ0v) is 15.7. The number of hydrogen-bond donors (Lipinski definition) is 1. The third-order valence-electron chi connectivity index (χ3n) is 5.03. The Morgan fingerprint density at radius 2 is 2.12 bits per heavy atom. The van der Waals surface area contributed by atoms with Gasteiger partial charge in [0.2, 0.25) is 0 Å². The number of benzene rings is 1. The molecule has 2 unspecified atom stereocenters. The van der Waals surface area contributed by atoms with E-state index in [0.717, 1.165) is 37.2 Å². The molecule has 0 saturated carbocycles. The number of carbonyl (C=O) groups is 1. The molecule has 1 aromatic carbocycles. The Kier molecular flexibility index (Phi) is 7.24. The molecule has 1 aliphatic rings. The number of carboxylic acid groups (broad SMARTS) is 1. The predicted octanol–water partition coefficient (Wildman–Crippen LogP) is 3.99. The molecule has 0 amide bonds. The first-order valence-corrected chi connectivity index (χ1v) is 9.35. The quantitative estimate of drug-likeness (QED) is 0.720. The van der Waals surface area contributed by atoms with Gasteiger partial charge in [-0.25, -0.2) is 4.39 Å². The second-order valence-electron chi connectivity index (χ2n) is 7.47. The first-order valence-electron chi connectivity index (χ1n) is 9.35. The van der Waals surface area contributed by atoms with Crippen LogP contribution in [0.3, 0.4) is 0 Å². The molecule has 0 bridgehead atoms. The molecule has 1 N–H and O–H groups in total. The molecule has 0 aromatic heterocycles. The van der Waals surface area contributed by atoms with Crippen LogP contribution in [0.4, 0.5) is 10.1 Å². The van der Waals surface area contributed by atoms with Gasteiger partial charge in [-0.15, -0.1) is 0 Å². The normalized spacial score (nSPS) is 21.3. The fraction of sp³-hybridized carbons (Fsp3) is 0.650. The number of halogens is 1. The average molecular weight is 350 g/mol. The summed E-state index contributed by atoms with van der Waals surface area (Å²) in [5, 5.41) is 9.35. The number of unbranched alkanes of at least 4 members (excludes halogenated alkanes) is 2. The second-order valence-corrected chi connectivity index (χ2v) is 7.47. The highest BCUT2D eigenvalue weighted by atomic mass is 19.1. The molecule has 0 radical (unpaired) electrons. The zero-order chi connectivity index (χ0) is 18.4. The molecule has 0 spiro atoms. The number of piperidine rings is 1. The Morgan fingerprint density at radius 1 is 1.36 bits per heavy atom. The van der Waals surface area contributed by atoms with Gasteiger partial charge < -0.3 is 10.0 Å². The van der Waals surface area contributed by atoms with Crippen LogP contribution < -0.4 is 4.90 Å². The molecule has 2 atom stereocenters. The maximum atomic E-state index is 13.8. The van der Waals surface area contributed by atoms with E-state index in [1.54, 1.807) is 6.07 Å². The molecule has 1 fully saturated rings. The van der Waals surface area contributed by atoms with E-state index in [4.69, 9.17) is 0 Å². The van der Waals surface area contributed by atoms with E-state index >= 15 is 0 Å². The highest BCUT2D eigenvalue weighted by Gasteiger charge is 2.29. The van der Waals surface area contributed by atoms with Crippen LogP contribution in [0, 0.1) is 17.7 Å². The average Bonchev–Trinajstić information content (AvgIpc) is 2.54. The van der Waals surface area contributed by atoms with Gasteiger partial charge in [0.1, 0.15) is 5.82 Å². The van der Waals surface area contributed by atoms with Crippen LogP contribution in [0.15, 0.2) is 18.2 Å². The van der Waals surface area contributed by atoms with Crippen LogP contribution >= 0.6 is 0 Å². The molecular weight excluding hydrogens is 319 g/mol. The molecule has 0 aliphatic carbocycles. The summed E-state index contributed by atoms with van der Waals surface area (Å²) in [6, 6.07) is 4.95. The number of aliphatic carboxylic acids is 1. The summed E-state index contributed by atoms with van der Waals surface area (Å²) < 4.78 is 13.8. The third-order valence-corrected chi connectivity index (χ3v) is 5.03. The minimum atomic E-state index is -0.729. The number of nitrogens with zero attached hydrogens (tertiary/aromatic N) is 2. The standard InChI is InChI=1S/C20H31FN2O2/c1-4-5-6-9-22(3)19-8-7-18(21)11-16(19)13-23-12-15(2)10-17(14-23)20(24)25/h7-8,11,15,17H,4-6,9-10,12-14H2,1-3H3,(H,24,25). The predicted molar refractivity (Wildman–Crippen MR) is 99.4 cm³/mol. The molecule has 25 heavy (non-hydrogen) atoms. The molecular formula is C20H31FN2O2. The van der Waals surface area contributed by atoms with Gasteiger partial charge in [0.05, 0.1) is 5.92 Å². The maximum Gasteiger partial charge on any atom is 0.307 e. The van der Waals surface area contributed by atoms with Gasteiger partial charge in [-0.2, -0.15) is 0 Å². The fourth-order valence-electron chi connectivity index (χ4n) is 3.78. The zero-order valence-electron chi connectivity index (χ0n) is 15.7. The molecule has 1 aromatic rings. The minimum Gasteiger partial charge on any atom is -0.481 e. The summed E-state index contributed by atoms with van der Waals surface area (Å²) in [7, 11) is 2.05. The minimum absolute atomic E-state index is 0.236. The Balaban J connectivity index is 2.12. The lowest BCUT2D eigenvalue weighted by Crippen LogP contribution is -2.42. The van der Waals surface area contributed by atoms with Crippen molar-refractivity contribution >= 4 is 11.7 Å². The topological polar surface area (TPSA) is 43.8 Å². The van der Waals surface area contributed by atoms with Crippen LogP contribution in [-0.4, -0.2) is 42.7 Å². The molecule has 5 heteroatoms. The summed E-state index contributed by atoms with van der Waals surface area (Å²) in [6.45, 7) is 7.21. The van der Waals surface area contributed by atoms with Crippen LogP contribution in [0.25, 0.3) is 0 Å². The van der Waals surface area contributed by atoms with Gasteiger partial charge in [0.25, 0.3) is 0 Å². The van der Waals surface area contributed by atoms with E-state index in [0.29, 0.717) is 19.0 Å². The lowest BCUT2D eigenvalue weighted by Gasteiger charge is -2.35. The molecule has 2 rings (SSSR count). The van der Waals surface area contributed by atoms with Gasteiger partial charge in [-0.1, -0.05) is 26.7 Å². The Bertz CT molecular complexity index is 579. The number of anilines is 1. The summed E-state index contributed by atoms with van der Waals surface area (Å²) in [6.07, 6.45) is 4.20. The Hall–Kier alpha value is -1.62. The molecule has 140 valence electrons. The van der Waals surface area contributed by atoms with Crippen molar-refractivity contribution < 1.29 is 14.3 Å². The van der Waals surface area contributed by atoms with Crippen molar-refractivity contribution in [3.05, 3.63) is 29.6 Å². The van der Waals surface area contributed by atoms with Crippen molar-refractivity contribution in [3.8, 4) is 0 Å². The van der Waals surface area contributed by atoms with Crippen LogP contribution in [0.5, 0.6) is 0 Å². The third kappa shape index (κ3) is 5.70. The number of rotatable bonds is 8. The van der Waals surface area contributed by atoms with Crippen molar-refractivity contribution in [1.82, 2.24) is 4.90 Å². The van der Waals surface area contributed by atoms with Crippen molar-refractivity contribution in [2.75, 3.05) is 31.6 Å². The number of hydrogen-bond acceptors (Lipinski definition) is 3. The van der Waals surface area contributed by atoms with E-state index in [2.05, 4.69) is 23.6 Å². The number of likely N-dealkylation sites (tertiary alicyclic amines) is 1. The van der Waals surface area contributed by atoms with E-state index in [1.165, 1.54) is 18.9 Å². The molecule has 1 aliphatic heterocycles. The highest BCUT2D eigenvalue weighted by Crippen LogP contribution is 2.27. The summed E-state index contributed by atoms with van der Waals surface area (Å²) >= 11 is 0. The van der Waals surface area contributed by atoms with Crippen molar-refractivity contribution in [2.45, 2.75) is 46.1 Å². The monoisotopic (exact) mass is 350 g/mol. The second kappa shape index (κ2) is 9.18. The first-order chi connectivity index (χ1) is 11.9. The van der Waals surface area contributed by atoms with Gasteiger partial charge in [0, 0.05) is 38.9 Å². The number of carboxylic acids is 1. The van der Waals surface area contributed by atoms with Gasteiger partial charge in [0.15, 0.2) is 0 Å². The lowest BCUT2D eigenvalue weighted by atomic mass is 9.90. The van der Waals surface area contributed by atoms with Crippen molar-refractivity contribution in [3.63, 3.8) is 0 Å². The van der Waals surface area contributed by atoms with E-state index in [9.17, 15) is 14.3 Å². The van der Waals surface area contributed by atoms with Crippen LogP contribution in [0.1, 0.15) is 45.1 Å². The van der Waals surface area contributed by atoms with Crippen LogP contribution in [0.2, 0.25) is 0 Å². The molecule has 1 saturated heterocycles. The highest BCUT2D eigenvalue weighted by molar-refractivity contribution is 5.70. The van der Waals surface area contributed by atoms with Gasteiger partial charge in [-0.3, -0.25) is 9.69 Å². The molecule has 1 heterocycles. The largest absolute Gasteiger partial charge is 0.481 e. The van der Waals surface area contributed by atoms with E-state index in [-0.39, 0.29) is 11.7 Å². The summed E-state index contributed by atoms with van der Waals surface area (Å²) in [4.78, 5) is 15.7. The summed E-state index contributed by atoms with van der Waals surface area (Å²) in [5.74, 6) is -0.953. The first kappa shape index (κ1) is 19.7. The van der Waals surface area contributed by atoms with Crippen molar-refractivity contribution in [2.24, 2.45) is 11.8 Å².